The second kappa shape index (κ2) is 9.90. The Morgan fingerprint density at radius 2 is 1.54 bits per heavy atom. The first-order valence-electron chi connectivity index (χ1n) is 3.81. The highest BCUT2D eigenvalue weighted by Gasteiger charge is 1.56. The average Bonchev–Trinajstić information content (AvgIpc) is 2.16. The van der Waals surface area contributed by atoms with Gasteiger partial charge >= 0.3 is 0 Å². The summed E-state index contributed by atoms with van der Waals surface area (Å²) in [4.78, 5) is 0. The van der Waals surface area contributed by atoms with Crippen LogP contribution in [0.3, 0.4) is 0 Å². The van der Waals surface area contributed by atoms with Crippen molar-refractivity contribution < 1.29 is 0 Å². The van der Waals surface area contributed by atoms with Crippen LogP contribution in [0, 0.1) is 35.5 Å². The van der Waals surface area contributed by atoms with Crippen molar-refractivity contribution >= 4 is 0 Å². The minimum Gasteiger partial charge on any atom is -0.0990 e. The van der Waals surface area contributed by atoms with Crippen LogP contribution >= 0.6 is 0 Å². The first-order valence-corrected chi connectivity index (χ1v) is 3.81. The van der Waals surface area contributed by atoms with E-state index in [2.05, 4.69) is 42.1 Å². The zero-order valence-corrected chi connectivity index (χ0v) is 7.59. The molecule has 62 valence electrons. The van der Waals surface area contributed by atoms with Crippen molar-refractivity contribution in [2.75, 3.05) is 0 Å². The van der Waals surface area contributed by atoms with Crippen LogP contribution in [0.1, 0.15) is 6.92 Å². The van der Waals surface area contributed by atoms with Crippen molar-refractivity contribution in [3.8, 4) is 35.5 Å². The van der Waals surface area contributed by atoms with Gasteiger partial charge in [0.1, 0.15) is 0 Å². The molecule has 0 bridgehead atoms. The van der Waals surface area contributed by atoms with Crippen LogP contribution in [0.25, 0.3) is 0 Å². The fourth-order valence-electron chi connectivity index (χ4n) is 0.417. The predicted octanol–water partition coefficient (Wildman–Crippen LogP) is 2.31. The fourth-order valence-corrected chi connectivity index (χ4v) is 0.417. The van der Waals surface area contributed by atoms with E-state index < -0.39 is 0 Å². The van der Waals surface area contributed by atoms with Gasteiger partial charge in [-0.3, -0.25) is 0 Å². The van der Waals surface area contributed by atoms with Crippen LogP contribution in [0.2, 0.25) is 0 Å². The van der Waals surface area contributed by atoms with Crippen molar-refractivity contribution in [1.82, 2.24) is 0 Å². The van der Waals surface area contributed by atoms with E-state index in [1.54, 1.807) is 24.3 Å². The van der Waals surface area contributed by atoms with Crippen molar-refractivity contribution in [3.05, 3.63) is 37.0 Å². The molecule has 0 saturated heterocycles. The lowest BCUT2D eigenvalue weighted by atomic mass is 10.4. The molecule has 0 aliphatic rings. The first kappa shape index (κ1) is 10.9. The SMILES string of the molecule is C=C/C=C\C#CC#CC#C/C=C\C. The summed E-state index contributed by atoms with van der Waals surface area (Å²) in [6.45, 7) is 5.41. The Morgan fingerprint density at radius 3 is 2.08 bits per heavy atom. The highest BCUT2D eigenvalue weighted by atomic mass is 13.6. The van der Waals surface area contributed by atoms with Gasteiger partial charge in [0.25, 0.3) is 0 Å². The quantitative estimate of drug-likeness (QED) is 0.414. The second-order valence-electron chi connectivity index (χ2n) is 1.88. The molecule has 0 heteroatoms. The van der Waals surface area contributed by atoms with Crippen LogP contribution in [-0.4, -0.2) is 0 Å². The minimum absolute atomic E-state index is 1.66. The minimum atomic E-state index is 1.66. The molecule has 0 saturated carbocycles. The summed E-state index contributed by atoms with van der Waals surface area (Å²) in [7, 11) is 0. The van der Waals surface area contributed by atoms with E-state index in [0.717, 1.165) is 0 Å². The normalized spacial score (nSPS) is 7.77. The monoisotopic (exact) mass is 166 g/mol. The van der Waals surface area contributed by atoms with Crippen molar-refractivity contribution in [1.29, 1.82) is 0 Å². The summed E-state index contributed by atoms with van der Waals surface area (Å²) in [5, 5.41) is 0. The third kappa shape index (κ3) is 9.90. The lowest BCUT2D eigenvalue weighted by Gasteiger charge is -1.61. The van der Waals surface area contributed by atoms with Gasteiger partial charge in [0.15, 0.2) is 0 Å². The standard InChI is InChI=1S/C13H10/c1-3-5-7-9-11-13-12-10-8-6-4-2/h3-7H,1H2,2H3/b6-4-,7-5-. The molecule has 0 heterocycles. The Morgan fingerprint density at radius 1 is 0.923 bits per heavy atom. The average molecular weight is 166 g/mol. The van der Waals surface area contributed by atoms with Gasteiger partial charge in [0.2, 0.25) is 0 Å². The Kier molecular flexibility index (Phi) is 8.30. The summed E-state index contributed by atoms with van der Waals surface area (Å²) >= 11 is 0. The summed E-state index contributed by atoms with van der Waals surface area (Å²) in [5.74, 6) is 15.9. The zero-order valence-electron chi connectivity index (χ0n) is 7.59. The molecule has 0 nitrogen and oxygen atoms in total. The van der Waals surface area contributed by atoms with Gasteiger partial charge in [-0.05, 0) is 42.8 Å². The van der Waals surface area contributed by atoms with Gasteiger partial charge in [-0.2, -0.15) is 0 Å². The molecule has 0 aromatic heterocycles. The van der Waals surface area contributed by atoms with E-state index in [9.17, 15) is 0 Å². The van der Waals surface area contributed by atoms with Crippen LogP contribution in [0.5, 0.6) is 0 Å². The molecule has 0 aliphatic carbocycles. The third-order valence-electron chi connectivity index (χ3n) is 0.897. The van der Waals surface area contributed by atoms with E-state index >= 15 is 0 Å². The molecular formula is C13H10. The number of hydrogen-bond acceptors (Lipinski definition) is 0. The predicted molar refractivity (Wildman–Crippen MR) is 57.5 cm³/mol. The van der Waals surface area contributed by atoms with Crippen molar-refractivity contribution in [2.24, 2.45) is 0 Å². The molecule has 0 spiro atoms. The summed E-state index contributed by atoms with van der Waals surface area (Å²) in [6, 6.07) is 0. The molecule has 0 radical (unpaired) electrons. The smallest absolute Gasteiger partial charge is 0.000697 e. The molecule has 0 N–H and O–H groups in total. The number of allylic oxidation sites excluding steroid dienone is 5. The van der Waals surface area contributed by atoms with Crippen molar-refractivity contribution in [2.45, 2.75) is 6.92 Å². The number of hydrogen-bond donors (Lipinski definition) is 0. The van der Waals surface area contributed by atoms with Crippen LogP contribution in [0.15, 0.2) is 37.0 Å². The maximum atomic E-state index is 3.51. The molecule has 0 aromatic carbocycles. The maximum Gasteiger partial charge on any atom is -0.000697 e. The van der Waals surface area contributed by atoms with Crippen molar-refractivity contribution in [3.63, 3.8) is 0 Å². The van der Waals surface area contributed by atoms with Gasteiger partial charge < -0.3 is 0 Å². The molecule has 0 aromatic rings. The molecular weight excluding hydrogens is 156 g/mol. The third-order valence-corrected chi connectivity index (χ3v) is 0.897. The molecule has 0 aliphatic heterocycles. The van der Waals surface area contributed by atoms with Crippen LogP contribution in [0.4, 0.5) is 0 Å². The Hall–Kier alpha value is -2.10. The molecule has 0 atom stereocenters. The van der Waals surface area contributed by atoms with Crippen LogP contribution < -0.4 is 0 Å². The molecule has 13 heavy (non-hydrogen) atoms. The molecule has 0 fully saturated rings. The number of rotatable bonds is 1. The lowest BCUT2D eigenvalue weighted by Crippen LogP contribution is -1.53. The summed E-state index contributed by atoms with van der Waals surface area (Å²) in [5.41, 5.74) is 0. The van der Waals surface area contributed by atoms with E-state index in [1.807, 2.05) is 13.0 Å². The summed E-state index contributed by atoms with van der Waals surface area (Å²) in [6.07, 6.45) is 8.68. The zero-order chi connectivity index (χ0) is 9.78. The molecule has 0 rings (SSSR count). The van der Waals surface area contributed by atoms with Gasteiger partial charge in [-0.25, -0.2) is 0 Å². The Balaban J connectivity index is 3.99. The first-order chi connectivity index (χ1) is 6.41. The summed E-state index contributed by atoms with van der Waals surface area (Å²) < 4.78 is 0. The highest BCUT2D eigenvalue weighted by molar-refractivity contribution is 5.39. The van der Waals surface area contributed by atoms with Gasteiger partial charge in [0.05, 0.1) is 0 Å². The molecule has 0 unspecified atom stereocenters. The Bertz CT molecular complexity index is 373. The van der Waals surface area contributed by atoms with E-state index in [4.69, 9.17) is 0 Å². The second-order valence-corrected chi connectivity index (χ2v) is 1.88. The largest absolute Gasteiger partial charge is 0.0990 e. The van der Waals surface area contributed by atoms with E-state index in [1.165, 1.54) is 0 Å². The van der Waals surface area contributed by atoms with E-state index in [-0.39, 0.29) is 0 Å². The van der Waals surface area contributed by atoms with E-state index in [0.29, 0.717) is 0 Å². The fraction of sp³-hybridized carbons (Fsp3) is 0.0769. The Labute approximate surface area is 80.0 Å². The molecule has 0 amide bonds. The maximum absolute atomic E-state index is 3.51. The topological polar surface area (TPSA) is 0 Å². The van der Waals surface area contributed by atoms with Gasteiger partial charge in [-0.15, -0.1) is 0 Å². The highest BCUT2D eigenvalue weighted by Crippen LogP contribution is 1.68. The van der Waals surface area contributed by atoms with Gasteiger partial charge in [0, 0.05) is 0 Å². The van der Waals surface area contributed by atoms with Crippen LogP contribution in [-0.2, 0) is 0 Å². The van der Waals surface area contributed by atoms with Gasteiger partial charge in [-0.1, -0.05) is 36.6 Å². The lowest BCUT2D eigenvalue weighted by molar-refractivity contribution is 1.76.